The Morgan fingerprint density at radius 3 is 2.63 bits per heavy atom. The van der Waals surface area contributed by atoms with Crippen LogP contribution in [-0.4, -0.2) is 11.6 Å². The van der Waals surface area contributed by atoms with E-state index in [4.69, 9.17) is 4.74 Å². The fourth-order valence-electron chi connectivity index (χ4n) is 3.83. The Hall–Kier alpha value is -0.530. The van der Waals surface area contributed by atoms with Crippen LogP contribution in [0.15, 0.2) is 0 Å². The van der Waals surface area contributed by atoms with Crippen molar-refractivity contribution in [2.24, 2.45) is 23.2 Å². The summed E-state index contributed by atoms with van der Waals surface area (Å²) in [7, 11) is 0. The maximum Gasteiger partial charge on any atom is 0.312 e. The first-order valence-corrected chi connectivity index (χ1v) is 8.03. The van der Waals surface area contributed by atoms with Crippen LogP contribution in [0.1, 0.15) is 73.1 Å². The van der Waals surface area contributed by atoms with Crippen molar-refractivity contribution in [1.29, 1.82) is 0 Å². The molecule has 0 heterocycles. The molecule has 0 amide bonds. The van der Waals surface area contributed by atoms with Crippen LogP contribution >= 0.6 is 0 Å². The summed E-state index contributed by atoms with van der Waals surface area (Å²) in [5.74, 6) is 1.94. The van der Waals surface area contributed by atoms with Crippen molar-refractivity contribution in [3.63, 3.8) is 0 Å². The van der Waals surface area contributed by atoms with E-state index in [-0.39, 0.29) is 17.0 Å². The summed E-state index contributed by atoms with van der Waals surface area (Å²) in [5, 5.41) is 0. The highest BCUT2D eigenvalue weighted by atomic mass is 16.6. The van der Waals surface area contributed by atoms with E-state index in [1.807, 2.05) is 13.8 Å². The van der Waals surface area contributed by atoms with Crippen molar-refractivity contribution in [2.45, 2.75) is 78.7 Å². The fourth-order valence-corrected chi connectivity index (χ4v) is 3.83. The van der Waals surface area contributed by atoms with Crippen LogP contribution in [0.3, 0.4) is 0 Å². The summed E-state index contributed by atoms with van der Waals surface area (Å²) in [4.78, 5) is 12.5. The van der Waals surface area contributed by atoms with Crippen LogP contribution in [0.2, 0.25) is 0 Å². The molecule has 0 aliphatic heterocycles. The SMILES string of the molecule is CCC(C)(C)C(=O)O[C@@]1(C)C(C)CC2CCCC1C2. The molecule has 0 aromatic heterocycles. The van der Waals surface area contributed by atoms with E-state index in [0.29, 0.717) is 11.8 Å². The molecule has 3 unspecified atom stereocenters. The average Bonchev–Trinajstić information content (AvgIpc) is 2.37. The highest BCUT2D eigenvalue weighted by molar-refractivity contribution is 5.76. The molecule has 0 spiro atoms. The number of hydrogen-bond acceptors (Lipinski definition) is 2. The first-order valence-electron chi connectivity index (χ1n) is 8.03. The lowest BCUT2D eigenvalue weighted by Crippen LogP contribution is -2.52. The monoisotopic (exact) mass is 266 g/mol. The number of rotatable bonds is 3. The van der Waals surface area contributed by atoms with E-state index in [9.17, 15) is 4.79 Å². The van der Waals surface area contributed by atoms with Gasteiger partial charge in [-0.15, -0.1) is 0 Å². The molecule has 2 bridgehead atoms. The van der Waals surface area contributed by atoms with Crippen LogP contribution in [-0.2, 0) is 9.53 Å². The molecule has 0 saturated heterocycles. The van der Waals surface area contributed by atoms with Crippen LogP contribution < -0.4 is 0 Å². The van der Waals surface area contributed by atoms with Gasteiger partial charge in [-0.05, 0) is 64.2 Å². The summed E-state index contributed by atoms with van der Waals surface area (Å²) < 4.78 is 6.09. The number of carbonyl (C=O) groups excluding carboxylic acids is 1. The van der Waals surface area contributed by atoms with Gasteiger partial charge in [-0.2, -0.15) is 0 Å². The summed E-state index contributed by atoms with van der Waals surface area (Å²) in [6.07, 6.45) is 7.26. The number of hydrogen-bond donors (Lipinski definition) is 0. The van der Waals surface area contributed by atoms with Crippen molar-refractivity contribution < 1.29 is 9.53 Å². The minimum absolute atomic E-state index is 0.00614. The molecule has 2 aliphatic rings. The zero-order chi connectivity index (χ0) is 14.3. The predicted octanol–water partition coefficient (Wildman–Crippen LogP) is 4.57. The third-order valence-electron chi connectivity index (χ3n) is 6.01. The van der Waals surface area contributed by atoms with Gasteiger partial charge in [0, 0.05) is 0 Å². The zero-order valence-electron chi connectivity index (χ0n) is 13.3. The van der Waals surface area contributed by atoms with Crippen LogP contribution in [0, 0.1) is 23.2 Å². The smallest absolute Gasteiger partial charge is 0.312 e. The average molecular weight is 266 g/mol. The highest BCUT2D eigenvalue weighted by Gasteiger charge is 2.50. The summed E-state index contributed by atoms with van der Waals surface area (Å²) in [6.45, 7) is 10.5. The Bertz CT molecular complexity index is 345. The van der Waals surface area contributed by atoms with Crippen molar-refractivity contribution >= 4 is 5.97 Å². The van der Waals surface area contributed by atoms with Gasteiger partial charge in [0.25, 0.3) is 0 Å². The molecule has 2 saturated carbocycles. The molecule has 2 nitrogen and oxygen atoms in total. The topological polar surface area (TPSA) is 26.3 Å². The maximum absolute atomic E-state index is 12.5. The fraction of sp³-hybridized carbons (Fsp3) is 0.941. The van der Waals surface area contributed by atoms with Gasteiger partial charge >= 0.3 is 5.97 Å². The second-order valence-electron chi connectivity index (χ2n) is 7.68. The summed E-state index contributed by atoms with van der Waals surface area (Å²) >= 11 is 0. The zero-order valence-corrected chi connectivity index (χ0v) is 13.3. The molecule has 0 aromatic rings. The van der Waals surface area contributed by atoms with Gasteiger partial charge in [-0.1, -0.05) is 26.7 Å². The van der Waals surface area contributed by atoms with E-state index in [0.717, 1.165) is 12.3 Å². The lowest BCUT2D eigenvalue weighted by Gasteiger charge is -2.51. The van der Waals surface area contributed by atoms with E-state index < -0.39 is 0 Å². The maximum atomic E-state index is 12.5. The molecule has 2 aliphatic carbocycles. The molecule has 110 valence electrons. The minimum atomic E-state index is -0.353. The molecule has 2 heteroatoms. The lowest BCUT2D eigenvalue weighted by molar-refractivity contribution is -0.192. The van der Waals surface area contributed by atoms with Gasteiger partial charge in [0.15, 0.2) is 0 Å². The number of ether oxygens (including phenoxy) is 1. The Kier molecular flexibility index (Phi) is 3.99. The van der Waals surface area contributed by atoms with Crippen molar-refractivity contribution in [3.8, 4) is 0 Å². The Morgan fingerprint density at radius 2 is 2.00 bits per heavy atom. The van der Waals surface area contributed by atoms with E-state index >= 15 is 0 Å². The van der Waals surface area contributed by atoms with Crippen molar-refractivity contribution in [2.75, 3.05) is 0 Å². The van der Waals surface area contributed by atoms with E-state index in [1.54, 1.807) is 0 Å². The first-order chi connectivity index (χ1) is 8.79. The third-order valence-corrected chi connectivity index (χ3v) is 6.01. The van der Waals surface area contributed by atoms with Gasteiger partial charge in [0.1, 0.15) is 5.60 Å². The Labute approximate surface area is 118 Å². The van der Waals surface area contributed by atoms with Gasteiger partial charge in [0.05, 0.1) is 5.41 Å². The van der Waals surface area contributed by atoms with Crippen molar-refractivity contribution in [3.05, 3.63) is 0 Å². The normalized spacial score (nSPS) is 38.9. The predicted molar refractivity (Wildman–Crippen MR) is 77.8 cm³/mol. The largest absolute Gasteiger partial charge is 0.458 e. The molecule has 4 atom stereocenters. The Balaban J connectivity index is 2.14. The standard InChI is InChI=1S/C17H30O2/c1-6-16(3,4)15(18)19-17(5)12(2)10-13-8-7-9-14(17)11-13/h12-14H,6-11H2,1-5H3/t12?,13?,14?,17-/m0/s1. The first kappa shape index (κ1) is 14.9. The minimum Gasteiger partial charge on any atom is -0.458 e. The number of esters is 1. The van der Waals surface area contributed by atoms with Crippen LogP contribution in [0.25, 0.3) is 0 Å². The number of fused-ring (bicyclic) bond motifs is 2. The summed E-state index contributed by atoms with van der Waals surface area (Å²) in [6, 6.07) is 0. The molecule has 19 heavy (non-hydrogen) atoms. The van der Waals surface area contributed by atoms with Gasteiger partial charge < -0.3 is 4.74 Å². The Morgan fingerprint density at radius 1 is 1.32 bits per heavy atom. The molecule has 0 aromatic carbocycles. The second kappa shape index (κ2) is 5.10. The third kappa shape index (κ3) is 2.68. The van der Waals surface area contributed by atoms with E-state index in [1.165, 1.54) is 32.1 Å². The molecular formula is C17H30O2. The van der Waals surface area contributed by atoms with Gasteiger partial charge in [-0.3, -0.25) is 4.79 Å². The van der Waals surface area contributed by atoms with Gasteiger partial charge in [0.2, 0.25) is 0 Å². The quantitative estimate of drug-likeness (QED) is 0.699. The second-order valence-corrected chi connectivity index (χ2v) is 7.68. The lowest BCUT2D eigenvalue weighted by atomic mass is 9.60. The van der Waals surface area contributed by atoms with Crippen molar-refractivity contribution in [1.82, 2.24) is 0 Å². The highest BCUT2D eigenvalue weighted by Crippen LogP contribution is 2.50. The number of carbonyl (C=O) groups is 1. The van der Waals surface area contributed by atoms with Crippen LogP contribution in [0.4, 0.5) is 0 Å². The van der Waals surface area contributed by atoms with Gasteiger partial charge in [-0.25, -0.2) is 0 Å². The molecular weight excluding hydrogens is 236 g/mol. The molecule has 2 rings (SSSR count). The summed E-state index contributed by atoms with van der Waals surface area (Å²) in [5.41, 5.74) is -0.589. The molecule has 2 fully saturated rings. The molecule has 0 N–H and O–H groups in total. The molecule has 0 radical (unpaired) electrons. The van der Waals surface area contributed by atoms with E-state index in [2.05, 4.69) is 20.8 Å². The van der Waals surface area contributed by atoms with Crippen LogP contribution in [0.5, 0.6) is 0 Å².